The highest BCUT2D eigenvalue weighted by Gasteiger charge is 2.06. The van der Waals surface area contributed by atoms with Gasteiger partial charge in [0.15, 0.2) is 0 Å². The van der Waals surface area contributed by atoms with Gasteiger partial charge in [-0.15, -0.1) is 0 Å². The molecule has 5 nitrogen and oxygen atoms in total. The van der Waals surface area contributed by atoms with Gasteiger partial charge in [0.1, 0.15) is 28.7 Å². The lowest BCUT2D eigenvalue weighted by atomic mass is 9.98. The summed E-state index contributed by atoms with van der Waals surface area (Å²) in [6, 6.07) is 14.4. The van der Waals surface area contributed by atoms with Crippen LogP contribution in [0.15, 0.2) is 54.6 Å². The monoisotopic (exact) mass is 366 g/mol. The molecule has 0 aliphatic carbocycles. The van der Waals surface area contributed by atoms with Crippen LogP contribution in [0.4, 0.5) is 0 Å². The van der Waals surface area contributed by atoms with Crippen LogP contribution in [0.2, 0.25) is 0 Å². The fourth-order valence-corrected chi connectivity index (χ4v) is 3.21. The number of benzene rings is 3. The van der Waals surface area contributed by atoms with E-state index in [9.17, 15) is 25.5 Å². The second-order valence-electron chi connectivity index (χ2n) is 6.72. The van der Waals surface area contributed by atoms with Gasteiger partial charge in [-0.1, -0.05) is 6.07 Å². The minimum Gasteiger partial charge on any atom is -0.508 e. The maximum absolute atomic E-state index is 10.0. The third-order valence-corrected chi connectivity index (χ3v) is 4.37. The van der Waals surface area contributed by atoms with Gasteiger partial charge in [-0.25, -0.2) is 0 Å². The standard InChI is InChI=1S/C22H22O5/c23-18-6-14(1-3-16-8-19(24)12-20(25)9-16)5-15(7-18)2-4-17-10-21(26)13-22(27)11-17/h5-13,23-27H,1-4H2. The van der Waals surface area contributed by atoms with Crippen LogP contribution in [0.1, 0.15) is 22.3 Å². The van der Waals surface area contributed by atoms with Crippen LogP contribution in [0.25, 0.3) is 0 Å². The number of phenolic OH excluding ortho intramolecular Hbond substituents is 5. The van der Waals surface area contributed by atoms with Crippen molar-refractivity contribution in [2.75, 3.05) is 0 Å². The van der Waals surface area contributed by atoms with Crippen LogP contribution >= 0.6 is 0 Å². The van der Waals surface area contributed by atoms with Crippen LogP contribution < -0.4 is 0 Å². The zero-order chi connectivity index (χ0) is 19.4. The van der Waals surface area contributed by atoms with E-state index < -0.39 is 0 Å². The average molecular weight is 366 g/mol. The molecule has 3 aromatic carbocycles. The molecule has 0 spiro atoms. The minimum absolute atomic E-state index is 0.0240. The van der Waals surface area contributed by atoms with Gasteiger partial charge >= 0.3 is 0 Å². The number of rotatable bonds is 6. The van der Waals surface area contributed by atoms with Crippen LogP contribution in [-0.2, 0) is 25.7 Å². The molecule has 0 amide bonds. The predicted molar refractivity (Wildman–Crippen MR) is 102 cm³/mol. The van der Waals surface area contributed by atoms with Crippen LogP contribution in [-0.4, -0.2) is 25.5 Å². The summed E-state index contributed by atoms with van der Waals surface area (Å²) in [7, 11) is 0. The van der Waals surface area contributed by atoms with Gasteiger partial charge < -0.3 is 25.5 Å². The number of phenols is 5. The average Bonchev–Trinajstić information content (AvgIpc) is 2.56. The van der Waals surface area contributed by atoms with E-state index in [1.165, 1.54) is 12.1 Å². The molecular weight excluding hydrogens is 344 g/mol. The number of aryl methyl sites for hydroxylation is 4. The van der Waals surface area contributed by atoms with E-state index in [1.807, 2.05) is 6.07 Å². The molecule has 0 radical (unpaired) electrons. The minimum atomic E-state index is 0.0240. The van der Waals surface area contributed by atoms with E-state index in [0.29, 0.717) is 25.7 Å². The summed E-state index contributed by atoms with van der Waals surface area (Å²) in [5.41, 5.74) is 3.53. The predicted octanol–water partition coefficient (Wildman–Crippen LogP) is 3.79. The highest BCUT2D eigenvalue weighted by atomic mass is 16.3. The lowest BCUT2D eigenvalue weighted by Crippen LogP contribution is -1.96. The summed E-state index contributed by atoms with van der Waals surface area (Å²) in [5.74, 6) is 0.277. The van der Waals surface area contributed by atoms with Crippen molar-refractivity contribution in [3.8, 4) is 28.7 Å². The van der Waals surface area contributed by atoms with Crippen molar-refractivity contribution in [1.29, 1.82) is 0 Å². The first-order chi connectivity index (χ1) is 12.9. The highest BCUT2D eigenvalue weighted by molar-refractivity contribution is 5.40. The highest BCUT2D eigenvalue weighted by Crippen LogP contribution is 2.25. The molecule has 0 heterocycles. The van der Waals surface area contributed by atoms with Crippen molar-refractivity contribution < 1.29 is 25.5 Å². The molecule has 0 fully saturated rings. The Balaban J connectivity index is 1.68. The van der Waals surface area contributed by atoms with Gasteiger partial charge in [-0.3, -0.25) is 0 Å². The molecule has 0 atom stereocenters. The summed E-state index contributed by atoms with van der Waals surface area (Å²) in [6.07, 6.45) is 2.53. The summed E-state index contributed by atoms with van der Waals surface area (Å²) in [4.78, 5) is 0. The zero-order valence-electron chi connectivity index (χ0n) is 14.8. The second kappa shape index (κ2) is 7.91. The Morgan fingerprint density at radius 2 is 0.556 bits per heavy atom. The summed E-state index contributed by atoms with van der Waals surface area (Å²) in [5, 5.41) is 48.2. The first kappa shape index (κ1) is 18.5. The largest absolute Gasteiger partial charge is 0.508 e. The maximum Gasteiger partial charge on any atom is 0.119 e. The molecule has 0 aliphatic heterocycles. The lowest BCUT2D eigenvalue weighted by molar-refractivity contribution is 0.448. The molecular formula is C22H22O5. The Morgan fingerprint density at radius 1 is 0.333 bits per heavy atom. The Labute approximate surface area is 157 Å². The molecule has 27 heavy (non-hydrogen) atoms. The van der Waals surface area contributed by atoms with E-state index in [0.717, 1.165) is 22.3 Å². The fraction of sp³-hybridized carbons (Fsp3) is 0.182. The lowest BCUT2D eigenvalue weighted by Gasteiger charge is -2.09. The van der Waals surface area contributed by atoms with E-state index in [2.05, 4.69) is 0 Å². The Kier molecular flexibility index (Phi) is 5.41. The van der Waals surface area contributed by atoms with Gasteiger partial charge in [0.05, 0.1) is 0 Å². The number of hydrogen-bond acceptors (Lipinski definition) is 5. The second-order valence-corrected chi connectivity index (χ2v) is 6.72. The molecule has 0 bridgehead atoms. The fourth-order valence-electron chi connectivity index (χ4n) is 3.21. The Bertz CT molecular complexity index is 835. The van der Waals surface area contributed by atoms with Crippen molar-refractivity contribution in [1.82, 2.24) is 0 Å². The van der Waals surface area contributed by atoms with Gasteiger partial charge in [-0.05, 0) is 84.3 Å². The Morgan fingerprint density at radius 3 is 0.852 bits per heavy atom. The summed E-state index contributed by atoms with van der Waals surface area (Å²) < 4.78 is 0. The third kappa shape index (κ3) is 5.31. The van der Waals surface area contributed by atoms with E-state index in [4.69, 9.17) is 0 Å². The molecule has 140 valence electrons. The Hall–Kier alpha value is -3.34. The zero-order valence-corrected chi connectivity index (χ0v) is 14.8. The molecule has 0 aromatic heterocycles. The van der Waals surface area contributed by atoms with Crippen molar-refractivity contribution in [2.24, 2.45) is 0 Å². The summed E-state index contributed by atoms with van der Waals surface area (Å²) in [6.45, 7) is 0. The smallest absolute Gasteiger partial charge is 0.119 e. The maximum atomic E-state index is 10.0. The quantitative estimate of drug-likeness (QED) is 0.457. The first-order valence-corrected chi connectivity index (χ1v) is 8.73. The first-order valence-electron chi connectivity index (χ1n) is 8.73. The molecule has 3 aromatic rings. The van der Waals surface area contributed by atoms with Gasteiger partial charge in [0.2, 0.25) is 0 Å². The van der Waals surface area contributed by atoms with Crippen molar-refractivity contribution >= 4 is 0 Å². The molecule has 0 aliphatic rings. The number of hydrogen-bond donors (Lipinski definition) is 5. The molecule has 5 heteroatoms. The molecule has 5 N–H and O–H groups in total. The molecule has 0 unspecified atom stereocenters. The van der Waals surface area contributed by atoms with E-state index in [1.54, 1.807) is 36.4 Å². The van der Waals surface area contributed by atoms with Crippen molar-refractivity contribution in [3.05, 3.63) is 76.9 Å². The van der Waals surface area contributed by atoms with Crippen molar-refractivity contribution in [3.63, 3.8) is 0 Å². The van der Waals surface area contributed by atoms with Crippen LogP contribution in [0.3, 0.4) is 0 Å². The normalized spacial score (nSPS) is 10.8. The molecule has 0 saturated heterocycles. The third-order valence-electron chi connectivity index (χ3n) is 4.37. The van der Waals surface area contributed by atoms with Crippen molar-refractivity contribution in [2.45, 2.75) is 25.7 Å². The van der Waals surface area contributed by atoms with Gasteiger partial charge in [0, 0.05) is 12.1 Å². The summed E-state index contributed by atoms with van der Waals surface area (Å²) >= 11 is 0. The topological polar surface area (TPSA) is 101 Å². The van der Waals surface area contributed by atoms with Crippen LogP contribution in [0.5, 0.6) is 28.7 Å². The molecule has 0 saturated carbocycles. The van der Waals surface area contributed by atoms with E-state index >= 15 is 0 Å². The molecule has 3 rings (SSSR count). The van der Waals surface area contributed by atoms with Gasteiger partial charge in [0.25, 0.3) is 0 Å². The van der Waals surface area contributed by atoms with Gasteiger partial charge in [-0.2, -0.15) is 0 Å². The number of aromatic hydroxyl groups is 5. The van der Waals surface area contributed by atoms with Crippen LogP contribution in [0, 0.1) is 0 Å². The SMILES string of the molecule is Oc1cc(O)cc(CCc2cc(O)cc(CCc3cc(O)cc(O)c3)c2)c1. The van der Waals surface area contributed by atoms with E-state index in [-0.39, 0.29) is 28.7 Å².